The van der Waals surface area contributed by atoms with Crippen LogP contribution in [-0.2, 0) is 0 Å². The molecule has 0 aliphatic carbocycles. The van der Waals surface area contributed by atoms with Crippen molar-refractivity contribution in [1.82, 2.24) is 0 Å². The molecule has 1 heterocycles. The highest BCUT2D eigenvalue weighted by atomic mass is 35.5. The van der Waals surface area contributed by atoms with Crippen molar-refractivity contribution in [3.8, 4) is 0 Å². The molecule has 2 aromatic rings. The standard InChI is InChI=1S/C19H21Cl2N3O/c1-12-4-2-3-9-24(12)18-8-6-14(11-17(18)22)23-19(25)13-5-7-15(20)16(21)10-13/h5-8,10-12H,2-4,9,22H2,1H3,(H,23,25). The van der Waals surface area contributed by atoms with Gasteiger partial charge in [0.25, 0.3) is 5.91 Å². The van der Waals surface area contributed by atoms with Crippen LogP contribution in [0, 0.1) is 0 Å². The molecular weight excluding hydrogens is 357 g/mol. The van der Waals surface area contributed by atoms with Crippen molar-refractivity contribution in [2.45, 2.75) is 32.2 Å². The summed E-state index contributed by atoms with van der Waals surface area (Å²) in [7, 11) is 0. The molecule has 1 fully saturated rings. The monoisotopic (exact) mass is 377 g/mol. The molecule has 3 N–H and O–H groups in total. The number of nitrogens with two attached hydrogens (primary N) is 1. The molecule has 25 heavy (non-hydrogen) atoms. The Balaban J connectivity index is 1.76. The van der Waals surface area contributed by atoms with Gasteiger partial charge in [-0.2, -0.15) is 0 Å². The predicted molar refractivity (Wildman–Crippen MR) is 106 cm³/mol. The first kappa shape index (κ1) is 17.9. The summed E-state index contributed by atoms with van der Waals surface area (Å²) in [6.07, 6.45) is 3.62. The quantitative estimate of drug-likeness (QED) is 0.721. The molecule has 2 aromatic carbocycles. The molecule has 6 heteroatoms. The highest BCUT2D eigenvalue weighted by Gasteiger charge is 2.20. The largest absolute Gasteiger partial charge is 0.397 e. The van der Waals surface area contributed by atoms with E-state index in [1.807, 2.05) is 12.1 Å². The van der Waals surface area contributed by atoms with E-state index in [1.165, 1.54) is 19.3 Å². The van der Waals surface area contributed by atoms with E-state index in [2.05, 4.69) is 17.1 Å². The average molecular weight is 378 g/mol. The molecule has 1 atom stereocenters. The molecule has 0 aromatic heterocycles. The number of nitrogen functional groups attached to an aromatic ring is 1. The molecule has 4 nitrogen and oxygen atoms in total. The number of piperidine rings is 1. The van der Waals surface area contributed by atoms with Gasteiger partial charge in [-0.1, -0.05) is 23.2 Å². The Morgan fingerprint density at radius 3 is 2.64 bits per heavy atom. The third-order valence-electron chi connectivity index (χ3n) is 4.58. The minimum absolute atomic E-state index is 0.253. The van der Waals surface area contributed by atoms with Crippen LogP contribution in [-0.4, -0.2) is 18.5 Å². The van der Waals surface area contributed by atoms with Crippen LogP contribution in [0.3, 0.4) is 0 Å². The maximum Gasteiger partial charge on any atom is 0.255 e. The van der Waals surface area contributed by atoms with Crippen molar-refractivity contribution < 1.29 is 4.79 Å². The van der Waals surface area contributed by atoms with E-state index in [4.69, 9.17) is 28.9 Å². The summed E-state index contributed by atoms with van der Waals surface area (Å²) in [4.78, 5) is 14.7. The smallest absolute Gasteiger partial charge is 0.255 e. The first-order chi connectivity index (χ1) is 12.0. The van der Waals surface area contributed by atoms with Crippen molar-refractivity contribution in [2.24, 2.45) is 0 Å². The first-order valence-electron chi connectivity index (χ1n) is 8.38. The summed E-state index contributed by atoms with van der Waals surface area (Å²) < 4.78 is 0. The van der Waals surface area contributed by atoms with E-state index in [-0.39, 0.29) is 5.91 Å². The molecular formula is C19H21Cl2N3O. The van der Waals surface area contributed by atoms with Crippen molar-refractivity contribution in [2.75, 3.05) is 22.5 Å². The Labute approximate surface area is 157 Å². The Morgan fingerprint density at radius 2 is 1.96 bits per heavy atom. The molecule has 132 valence electrons. The topological polar surface area (TPSA) is 58.4 Å². The van der Waals surface area contributed by atoms with E-state index in [0.29, 0.717) is 33.0 Å². The summed E-state index contributed by atoms with van der Waals surface area (Å²) in [6.45, 7) is 3.24. The fraction of sp³-hybridized carbons (Fsp3) is 0.316. The Hall–Kier alpha value is -1.91. The fourth-order valence-corrected chi connectivity index (χ4v) is 3.49. The van der Waals surface area contributed by atoms with E-state index in [1.54, 1.807) is 24.3 Å². The third kappa shape index (κ3) is 4.02. The summed E-state index contributed by atoms with van der Waals surface area (Å²) in [5.41, 5.74) is 9.04. The summed E-state index contributed by atoms with van der Waals surface area (Å²) in [5, 5.41) is 3.62. The number of anilines is 3. The fourth-order valence-electron chi connectivity index (χ4n) is 3.19. The van der Waals surface area contributed by atoms with Gasteiger partial charge in [-0.25, -0.2) is 0 Å². The highest BCUT2D eigenvalue weighted by Crippen LogP contribution is 2.32. The van der Waals surface area contributed by atoms with Gasteiger partial charge < -0.3 is 16.0 Å². The van der Waals surface area contributed by atoms with Crippen LogP contribution in [0.15, 0.2) is 36.4 Å². The maximum absolute atomic E-state index is 12.4. The van der Waals surface area contributed by atoms with Crippen molar-refractivity contribution in [1.29, 1.82) is 0 Å². The van der Waals surface area contributed by atoms with Gasteiger partial charge in [0.1, 0.15) is 0 Å². The number of nitrogens with one attached hydrogen (secondary N) is 1. The van der Waals surface area contributed by atoms with Gasteiger partial charge in [0.15, 0.2) is 0 Å². The number of amides is 1. The summed E-state index contributed by atoms with van der Waals surface area (Å²) in [5.74, 6) is -0.253. The minimum atomic E-state index is -0.253. The lowest BCUT2D eigenvalue weighted by atomic mass is 10.0. The van der Waals surface area contributed by atoms with E-state index < -0.39 is 0 Å². The number of rotatable bonds is 3. The van der Waals surface area contributed by atoms with Gasteiger partial charge in [-0.05, 0) is 62.6 Å². The third-order valence-corrected chi connectivity index (χ3v) is 5.32. The number of hydrogen-bond acceptors (Lipinski definition) is 3. The first-order valence-corrected chi connectivity index (χ1v) is 9.14. The second-order valence-electron chi connectivity index (χ2n) is 6.39. The molecule has 1 aliphatic heterocycles. The second-order valence-corrected chi connectivity index (χ2v) is 7.21. The molecule has 1 saturated heterocycles. The number of halogens is 2. The number of nitrogens with zero attached hydrogens (tertiary/aromatic N) is 1. The van der Waals surface area contributed by atoms with Gasteiger partial charge in [-0.15, -0.1) is 0 Å². The van der Waals surface area contributed by atoms with Crippen LogP contribution in [0.4, 0.5) is 17.1 Å². The van der Waals surface area contributed by atoms with Gasteiger partial charge >= 0.3 is 0 Å². The van der Waals surface area contributed by atoms with Crippen LogP contribution in [0.5, 0.6) is 0 Å². The van der Waals surface area contributed by atoms with Crippen LogP contribution >= 0.6 is 23.2 Å². The molecule has 0 spiro atoms. The van der Waals surface area contributed by atoms with Crippen molar-refractivity contribution in [3.05, 3.63) is 52.0 Å². The Kier molecular flexibility index (Phi) is 5.40. The van der Waals surface area contributed by atoms with Gasteiger partial charge in [-0.3, -0.25) is 4.79 Å². The molecule has 0 bridgehead atoms. The maximum atomic E-state index is 12.4. The average Bonchev–Trinajstić information content (AvgIpc) is 2.58. The molecule has 0 radical (unpaired) electrons. The van der Waals surface area contributed by atoms with E-state index >= 15 is 0 Å². The zero-order valence-electron chi connectivity index (χ0n) is 14.1. The normalized spacial score (nSPS) is 17.4. The summed E-state index contributed by atoms with van der Waals surface area (Å²) in [6, 6.07) is 10.9. The van der Waals surface area contributed by atoms with Crippen LogP contribution in [0.2, 0.25) is 10.0 Å². The van der Waals surface area contributed by atoms with Gasteiger partial charge in [0, 0.05) is 23.8 Å². The van der Waals surface area contributed by atoms with Gasteiger partial charge in [0.05, 0.1) is 21.4 Å². The van der Waals surface area contributed by atoms with Gasteiger partial charge in [0.2, 0.25) is 0 Å². The number of benzene rings is 2. The Morgan fingerprint density at radius 1 is 1.16 bits per heavy atom. The SMILES string of the molecule is CC1CCCCN1c1ccc(NC(=O)c2ccc(Cl)c(Cl)c2)cc1N. The zero-order valence-corrected chi connectivity index (χ0v) is 15.6. The van der Waals surface area contributed by atoms with Crippen LogP contribution in [0.25, 0.3) is 0 Å². The van der Waals surface area contributed by atoms with Crippen LogP contribution in [0.1, 0.15) is 36.5 Å². The molecule has 3 rings (SSSR count). The number of carbonyl (C=O) groups is 1. The number of hydrogen-bond donors (Lipinski definition) is 2. The number of carbonyl (C=O) groups excluding carboxylic acids is 1. The second kappa shape index (κ2) is 7.54. The summed E-state index contributed by atoms with van der Waals surface area (Å²) >= 11 is 11.9. The van der Waals surface area contributed by atoms with Crippen molar-refractivity contribution >= 4 is 46.2 Å². The molecule has 1 unspecified atom stereocenters. The van der Waals surface area contributed by atoms with Crippen molar-refractivity contribution in [3.63, 3.8) is 0 Å². The Bertz CT molecular complexity index is 794. The minimum Gasteiger partial charge on any atom is -0.397 e. The molecule has 1 aliphatic rings. The lowest BCUT2D eigenvalue weighted by Gasteiger charge is -2.36. The molecule has 0 saturated carbocycles. The van der Waals surface area contributed by atoms with E-state index in [0.717, 1.165) is 12.2 Å². The zero-order chi connectivity index (χ0) is 18.0. The van der Waals surface area contributed by atoms with Crippen LogP contribution < -0.4 is 16.0 Å². The predicted octanol–water partition coefficient (Wildman–Crippen LogP) is 5.21. The van der Waals surface area contributed by atoms with E-state index in [9.17, 15) is 4.79 Å². The lowest BCUT2D eigenvalue weighted by molar-refractivity contribution is 0.102. The lowest BCUT2D eigenvalue weighted by Crippen LogP contribution is -2.37. The molecule has 1 amide bonds. The highest BCUT2D eigenvalue weighted by molar-refractivity contribution is 6.42.